The summed E-state index contributed by atoms with van der Waals surface area (Å²) in [6, 6.07) is 0.763. The molecule has 0 saturated heterocycles. The average molecular weight is 240 g/mol. The summed E-state index contributed by atoms with van der Waals surface area (Å²) in [7, 11) is 0. The molecular formula is C13H24N2O2. The predicted octanol–water partition coefficient (Wildman–Crippen LogP) is 1.88. The van der Waals surface area contributed by atoms with E-state index in [9.17, 15) is 4.79 Å². The van der Waals surface area contributed by atoms with Crippen molar-refractivity contribution in [3.63, 3.8) is 0 Å². The Hall–Kier alpha value is -0.770. The number of nitrogens with one attached hydrogen (secondary N) is 1. The fraction of sp³-hybridized carbons (Fsp3) is 0.923. The fourth-order valence-corrected chi connectivity index (χ4v) is 2.76. The molecule has 0 heterocycles. The lowest BCUT2D eigenvalue weighted by Gasteiger charge is -2.38. The van der Waals surface area contributed by atoms with Crippen LogP contribution < -0.4 is 5.32 Å². The van der Waals surface area contributed by atoms with Gasteiger partial charge in [0.25, 0.3) is 0 Å². The van der Waals surface area contributed by atoms with E-state index in [-0.39, 0.29) is 12.6 Å². The smallest absolute Gasteiger partial charge is 0.317 e. The van der Waals surface area contributed by atoms with E-state index in [1.54, 1.807) is 0 Å². The number of amides is 2. The van der Waals surface area contributed by atoms with Crippen LogP contribution in [0, 0.1) is 0 Å². The Morgan fingerprint density at radius 1 is 1.12 bits per heavy atom. The summed E-state index contributed by atoms with van der Waals surface area (Å²) in [6.45, 7) is 0.539. The zero-order chi connectivity index (χ0) is 12.1. The molecule has 0 aliphatic heterocycles. The summed E-state index contributed by atoms with van der Waals surface area (Å²) in [6.07, 6.45) is 9.39. The quantitative estimate of drug-likeness (QED) is 0.788. The molecule has 0 aromatic rings. The minimum Gasteiger partial charge on any atom is -0.395 e. The first-order valence-corrected chi connectivity index (χ1v) is 6.99. The van der Waals surface area contributed by atoms with Crippen LogP contribution in [0.1, 0.15) is 51.4 Å². The number of aliphatic hydroxyl groups is 1. The molecule has 2 saturated carbocycles. The van der Waals surface area contributed by atoms with E-state index in [0.717, 1.165) is 25.7 Å². The molecule has 2 amide bonds. The Bertz CT molecular complexity index is 248. The van der Waals surface area contributed by atoms with Gasteiger partial charge in [0.2, 0.25) is 0 Å². The third-order valence-electron chi connectivity index (χ3n) is 4.05. The number of aliphatic hydroxyl groups excluding tert-OH is 1. The molecule has 2 rings (SSSR count). The molecule has 0 radical (unpaired) electrons. The van der Waals surface area contributed by atoms with Gasteiger partial charge in [0.15, 0.2) is 0 Å². The van der Waals surface area contributed by atoms with Crippen LogP contribution in [0.5, 0.6) is 0 Å². The van der Waals surface area contributed by atoms with Crippen molar-refractivity contribution in [1.82, 2.24) is 10.2 Å². The summed E-state index contributed by atoms with van der Waals surface area (Å²) in [5.74, 6) is 0. The normalized spacial score (nSPS) is 21.9. The van der Waals surface area contributed by atoms with Crippen molar-refractivity contribution in [2.45, 2.75) is 63.5 Å². The van der Waals surface area contributed by atoms with Gasteiger partial charge in [-0.25, -0.2) is 4.79 Å². The van der Waals surface area contributed by atoms with Gasteiger partial charge in [0.05, 0.1) is 6.61 Å². The second-order valence-electron chi connectivity index (χ2n) is 5.29. The van der Waals surface area contributed by atoms with Gasteiger partial charge in [-0.3, -0.25) is 0 Å². The Labute approximate surface area is 103 Å². The Kier molecular flexibility index (Phi) is 4.66. The number of carbonyl (C=O) groups excluding carboxylic acids is 1. The molecule has 0 spiro atoms. The number of rotatable bonds is 4. The van der Waals surface area contributed by atoms with E-state index in [4.69, 9.17) is 5.11 Å². The standard InChI is InChI=1S/C13H24N2O2/c16-10-9-15(12-7-4-8-12)13(17)14-11-5-2-1-3-6-11/h11-12,16H,1-10H2,(H,14,17). The molecule has 0 aromatic heterocycles. The molecule has 0 bridgehead atoms. The molecule has 2 aliphatic rings. The molecule has 4 heteroatoms. The highest BCUT2D eigenvalue weighted by Gasteiger charge is 2.29. The zero-order valence-electron chi connectivity index (χ0n) is 10.5. The Morgan fingerprint density at radius 3 is 2.35 bits per heavy atom. The number of hydrogen-bond acceptors (Lipinski definition) is 2. The van der Waals surface area contributed by atoms with Crippen LogP contribution in [-0.2, 0) is 0 Å². The van der Waals surface area contributed by atoms with Crippen LogP contribution >= 0.6 is 0 Å². The molecule has 0 unspecified atom stereocenters. The lowest BCUT2D eigenvalue weighted by Crippen LogP contribution is -2.52. The first-order chi connectivity index (χ1) is 8.31. The van der Waals surface area contributed by atoms with E-state index in [2.05, 4.69) is 5.32 Å². The molecule has 2 fully saturated rings. The predicted molar refractivity (Wildman–Crippen MR) is 66.8 cm³/mol. The summed E-state index contributed by atoms with van der Waals surface area (Å²) < 4.78 is 0. The highest BCUT2D eigenvalue weighted by atomic mass is 16.3. The maximum absolute atomic E-state index is 12.1. The van der Waals surface area contributed by atoms with Crippen molar-refractivity contribution in [2.75, 3.05) is 13.2 Å². The van der Waals surface area contributed by atoms with Gasteiger partial charge in [0.1, 0.15) is 0 Å². The van der Waals surface area contributed by atoms with E-state index >= 15 is 0 Å². The SMILES string of the molecule is O=C(NC1CCCCC1)N(CCO)C1CCC1. The fourth-order valence-electron chi connectivity index (χ4n) is 2.76. The minimum atomic E-state index is 0.0376. The van der Waals surface area contributed by atoms with Crippen LogP contribution in [0.2, 0.25) is 0 Å². The maximum Gasteiger partial charge on any atom is 0.317 e. The van der Waals surface area contributed by atoms with E-state index in [0.29, 0.717) is 18.6 Å². The maximum atomic E-state index is 12.1. The van der Waals surface area contributed by atoms with E-state index in [1.165, 1.54) is 25.7 Å². The van der Waals surface area contributed by atoms with Crippen LogP contribution in [0.4, 0.5) is 4.79 Å². The van der Waals surface area contributed by atoms with Crippen LogP contribution in [0.15, 0.2) is 0 Å². The van der Waals surface area contributed by atoms with Crippen LogP contribution in [0.3, 0.4) is 0 Å². The van der Waals surface area contributed by atoms with Crippen molar-refractivity contribution in [3.8, 4) is 0 Å². The largest absolute Gasteiger partial charge is 0.395 e. The first-order valence-electron chi connectivity index (χ1n) is 6.99. The summed E-state index contributed by atoms with van der Waals surface area (Å²) in [5, 5.41) is 12.2. The second-order valence-corrected chi connectivity index (χ2v) is 5.29. The van der Waals surface area contributed by atoms with Gasteiger partial charge in [-0.2, -0.15) is 0 Å². The number of hydrogen-bond donors (Lipinski definition) is 2. The Morgan fingerprint density at radius 2 is 1.82 bits per heavy atom. The third-order valence-corrected chi connectivity index (χ3v) is 4.05. The Balaban J connectivity index is 1.81. The van der Waals surface area contributed by atoms with Crippen LogP contribution in [-0.4, -0.2) is 41.3 Å². The lowest BCUT2D eigenvalue weighted by atomic mass is 9.91. The van der Waals surface area contributed by atoms with Crippen molar-refractivity contribution in [2.24, 2.45) is 0 Å². The molecule has 0 aromatic carbocycles. The van der Waals surface area contributed by atoms with Crippen LogP contribution in [0.25, 0.3) is 0 Å². The minimum absolute atomic E-state index is 0.0376. The van der Waals surface area contributed by atoms with Gasteiger partial charge in [-0.05, 0) is 32.1 Å². The van der Waals surface area contributed by atoms with Crippen molar-refractivity contribution in [3.05, 3.63) is 0 Å². The third kappa shape index (κ3) is 3.35. The molecular weight excluding hydrogens is 216 g/mol. The topological polar surface area (TPSA) is 52.6 Å². The van der Waals surface area contributed by atoms with Crippen molar-refractivity contribution >= 4 is 6.03 Å². The lowest BCUT2D eigenvalue weighted by molar-refractivity contribution is 0.115. The molecule has 17 heavy (non-hydrogen) atoms. The molecule has 98 valence electrons. The first kappa shape index (κ1) is 12.7. The summed E-state index contributed by atoms with van der Waals surface area (Å²) in [4.78, 5) is 14.0. The van der Waals surface area contributed by atoms with Gasteiger partial charge < -0.3 is 15.3 Å². The second kappa shape index (κ2) is 6.24. The van der Waals surface area contributed by atoms with Crippen molar-refractivity contribution in [1.29, 1.82) is 0 Å². The summed E-state index contributed by atoms with van der Waals surface area (Å²) in [5.41, 5.74) is 0. The molecule has 4 nitrogen and oxygen atoms in total. The molecule has 2 aliphatic carbocycles. The molecule has 2 N–H and O–H groups in total. The van der Waals surface area contributed by atoms with Gasteiger partial charge >= 0.3 is 6.03 Å². The monoisotopic (exact) mass is 240 g/mol. The van der Waals surface area contributed by atoms with Gasteiger partial charge in [-0.1, -0.05) is 19.3 Å². The van der Waals surface area contributed by atoms with Gasteiger partial charge in [0, 0.05) is 18.6 Å². The number of urea groups is 1. The highest BCUT2D eigenvalue weighted by Crippen LogP contribution is 2.25. The van der Waals surface area contributed by atoms with E-state index < -0.39 is 0 Å². The average Bonchev–Trinajstić information content (AvgIpc) is 2.27. The van der Waals surface area contributed by atoms with Gasteiger partial charge in [-0.15, -0.1) is 0 Å². The zero-order valence-corrected chi connectivity index (χ0v) is 10.5. The molecule has 0 atom stereocenters. The van der Waals surface area contributed by atoms with E-state index in [1.807, 2.05) is 4.90 Å². The number of carbonyl (C=O) groups is 1. The van der Waals surface area contributed by atoms with Crippen molar-refractivity contribution < 1.29 is 9.90 Å². The summed E-state index contributed by atoms with van der Waals surface area (Å²) >= 11 is 0. The number of nitrogens with zero attached hydrogens (tertiary/aromatic N) is 1. The highest BCUT2D eigenvalue weighted by molar-refractivity contribution is 5.75.